The van der Waals surface area contributed by atoms with Gasteiger partial charge >= 0.3 is 0 Å². The molecule has 0 aliphatic rings. The predicted molar refractivity (Wildman–Crippen MR) is 60.6 cm³/mol. The van der Waals surface area contributed by atoms with E-state index in [2.05, 4.69) is 15.2 Å². The van der Waals surface area contributed by atoms with Crippen LogP contribution < -0.4 is 5.73 Å². The number of thiazole rings is 1. The molecule has 5 nitrogen and oxygen atoms in total. The molecule has 15 heavy (non-hydrogen) atoms. The van der Waals surface area contributed by atoms with Crippen molar-refractivity contribution in [2.24, 2.45) is 12.8 Å². The van der Waals surface area contributed by atoms with Gasteiger partial charge in [-0.2, -0.15) is 0 Å². The highest BCUT2D eigenvalue weighted by Gasteiger charge is 2.07. The van der Waals surface area contributed by atoms with Gasteiger partial charge in [-0.1, -0.05) is 11.8 Å². The van der Waals surface area contributed by atoms with Crippen molar-refractivity contribution in [1.82, 2.24) is 19.7 Å². The maximum atomic E-state index is 5.51. The Labute approximate surface area is 95.7 Å². The third-order valence-corrected chi connectivity index (χ3v) is 3.97. The van der Waals surface area contributed by atoms with Gasteiger partial charge in [0.05, 0.1) is 12.1 Å². The van der Waals surface area contributed by atoms with Crippen molar-refractivity contribution in [3.8, 4) is 0 Å². The molecule has 0 aromatic carbocycles. The van der Waals surface area contributed by atoms with Gasteiger partial charge < -0.3 is 10.3 Å². The third-order valence-electron chi connectivity index (χ3n) is 1.93. The number of nitrogens with zero attached hydrogens (tertiary/aromatic N) is 4. The molecular weight excluding hydrogens is 230 g/mol. The van der Waals surface area contributed by atoms with E-state index in [0.29, 0.717) is 6.54 Å². The average molecular weight is 241 g/mol. The highest BCUT2D eigenvalue weighted by atomic mass is 32.2. The molecule has 0 aliphatic heterocycles. The zero-order valence-electron chi connectivity index (χ0n) is 8.25. The summed E-state index contributed by atoms with van der Waals surface area (Å²) < 4.78 is 1.92. The lowest BCUT2D eigenvalue weighted by Crippen LogP contribution is -2.05. The van der Waals surface area contributed by atoms with Crippen LogP contribution in [0.2, 0.25) is 0 Å². The summed E-state index contributed by atoms with van der Waals surface area (Å²) >= 11 is 3.29. The van der Waals surface area contributed by atoms with Gasteiger partial charge in [-0.3, -0.25) is 4.98 Å². The van der Waals surface area contributed by atoms with Gasteiger partial charge in [0, 0.05) is 23.9 Å². The summed E-state index contributed by atoms with van der Waals surface area (Å²) in [6.45, 7) is 0.421. The Hall–Kier alpha value is -0.920. The molecule has 0 fully saturated rings. The van der Waals surface area contributed by atoms with E-state index in [9.17, 15) is 0 Å². The van der Waals surface area contributed by atoms with Crippen molar-refractivity contribution in [3.63, 3.8) is 0 Å². The fourth-order valence-electron chi connectivity index (χ4n) is 1.10. The molecule has 0 spiro atoms. The van der Waals surface area contributed by atoms with Gasteiger partial charge in [0.15, 0.2) is 5.16 Å². The SMILES string of the molecule is Cn1c(CN)nnc1SCc1cncs1. The number of rotatable bonds is 4. The van der Waals surface area contributed by atoms with Gasteiger partial charge in [-0.05, 0) is 0 Å². The molecule has 2 heterocycles. The molecule has 0 saturated carbocycles. The van der Waals surface area contributed by atoms with Crippen LogP contribution in [0.4, 0.5) is 0 Å². The monoisotopic (exact) mass is 241 g/mol. The lowest BCUT2D eigenvalue weighted by atomic mass is 10.6. The van der Waals surface area contributed by atoms with E-state index in [1.54, 1.807) is 23.1 Å². The first-order valence-corrected chi connectivity index (χ1v) is 6.26. The van der Waals surface area contributed by atoms with Crippen LogP contribution in [-0.4, -0.2) is 19.7 Å². The fourth-order valence-corrected chi connectivity index (χ4v) is 2.67. The van der Waals surface area contributed by atoms with Crippen molar-refractivity contribution in [2.75, 3.05) is 0 Å². The van der Waals surface area contributed by atoms with Crippen molar-refractivity contribution in [3.05, 3.63) is 22.4 Å². The first-order valence-electron chi connectivity index (χ1n) is 4.39. The molecule has 2 N–H and O–H groups in total. The van der Waals surface area contributed by atoms with Crippen molar-refractivity contribution < 1.29 is 0 Å². The third kappa shape index (κ3) is 2.36. The van der Waals surface area contributed by atoms with E-state index < -0.39 is 0 Å². The van der Waals surface area contributed by atoms with E-state index in [4.69, 9.17) is 5.73 Å². The standard InChI is InChI=1S/C8H11N5S2/c1-13-7(2-9)11-12-8(13)14-4-6-3-10-5-15-6/h3,5H,2,4,9H2,1H3. The van der Waals surface area contributed by atoms with Gasteiger partial charge in [-0.25, -0.2) is 0 Å². The Bertz CT molecular complexity index is 422. The topological polar surface area (TPSA) is 69.6 Å². The summed E-state index contributed by atoms with van der Waals surface area (Å²) in [6.07, 6.45) is 1.87. The molecule has 2 aromatic heterocycles. The largest absolute Gasteiger partial charge is 0.324 e. The zero-order chi connectivity index (χ0) is 10.7. The van der Waals surface area contributed by atoms with Crippen LogP contribution in [0.5, 0.6) is 0 Å². The molecule has 0 saturated heterocycles. The van der Waals surface area contributed by atoms with Crippen molar-refractivity contribution in [2.45, 2.75) is 17.5 Å². The van der Waals surface area contributed by atoms with E-state index in [-0.39, 0.29) is 0 Å². The van der Waals surface area contributed by atoms with Gasteiger partial charge in [0.25, 0.3) is 0 Å². The second-order valence-corrected chi connectivity index (χ2v) is 4.83. The second-order valence-electron chi connectivity index (χ2n) is 2.92. The van der Waals surface area contributed by atoms with Crippen LogP contribution in [0, 0.1) is 0 Å². The molecule has 0 amide bonds. The first-order chi connectivity index (χ1) is 7.31. The number of thioether (sulfide) groups is 1. The number of hydrogen-bond acceptors (Lipinski definition) is 6. The Morgan fingerprint density at radius 1 is 1.53 bits per heavy atom. The Morgan fingerprint density at radius 2 is 2.40 bits per heavy atom. The van der Waals surface area contributed by atoms with Crippen molar-refractivity contribution in [1.29, 1.82) is 0 Å². The first kappa shape index (κ1) is 10.6. The molecule has 0 unspecified atom stereocenters. The summed E-state index contributed by atoms with van der Waals surface area (Å²) in [7, 11) is 1.93. The molecule has 0 aliphatic carbocycles. The summed E-state index contributed by atoms with van der Waals surface area (Å²) in [4.78, 5) is 5.25. The van der Waals surface area contributed by atoms with Crippen LogP contribution in [-0.2, 0) is 19.3 Å². The summed E-state index contributed by atoms with van der Waals surface area (Å²) in [5.74, 6) is 1.68. The Balaban J connectivity index is 2.02. The molecular formula is C8H11N5S2. The van der Waals surface area contributed by atoms with Gasteiger partial charge in [0.2, 0.25) is 0 Å². The lowest BCUT2D eigenvalue weighted by Gasteiger charge is -2.00. The van der Waals surface area contributed by atoms with E-state index in [1.165, 1.54) is 4.88 Å². The average Bonchev–Trinajstić information content (AvgIpc) is 2.85. The van der Waals surface area contributed by atoms with Gasteiger partial charge in [0.1, 0.15) is 5.82 Å². The van der Waals surface area contributed by atoms with E-state index in [1.807, 2.05) is 23.3 Å². The molecule has 0 bridgehead atoms. The zero-order valence-corrected chi connectivity index (χ0v) is 9.88. The Kier molecular flexibility index (Phi) is 3.34. The molecule has 2 aromatic rings. The quantitative estimate of drug-likeness (QED) is 0.809. The number of nitrogens with two attached hydrogens (primary N) is 1. The smallest absolute Gasteiger partial charge is 0.191 e. The number of hydrogen-bond donors (Lipinski definition) is 1. The van der Waals surface area contributed by atoms with Crippen LogP contribution in [0.3, 0.4) is 0 Å². The molecule has 0 radical (unpaired) electrons. The maximum Gasteiger partial charge on any atom is 0.191 e. The van der Waals surface area contributed by atoms with E-state index >= 15 is 0 Å². The maximum absolute atomic E-state index is 5.51. The minimum atomic E-state index is 0.421. The van der Waals surface area contributed by atoms with Crippen LogP contribution in [0.1, 0.15) is 10.7 Å². The van der Waals surface area contributed by atoms with E-state index in [0.717, 1.165) is 16.7 Å². The summed E-state index contributed by atoms with van der Waals surface area (Å²) in [5, 5.41) is 8.95. The predicted octanol–water partition coefficient (Wildman–Crippen LogP) is 1.02. The summed E-state index contributed by atoms with van der Waals surface area (Å²) in [6, 6.07) is 0. The molecule has 80 valence electrons. The minimum Gasteiger partial charge on any atom is -0.324 e. The summed E-state index contributed by atoms with van der Waals surface area (Å²) in [5.41, 5.74) is 7.35. The highest BCUT2D eigenvalue weighted by molar-refractivity contribution is 7.98. The lowest BCUT2D eigenvalue weighted by molar-refractivity contribution is 0.734. The molecule has 2 rings (SSSR count). The minimum absolute atomic E-state index is 0.421. The second kappa shape index (κ2) is 4.73. The Morgan fingerprint density at radius 3 is 3.00 bits per heavy atom. The fraction of sp³-hybridized carbons (Fsp3) is 0.375. The normalized spacial score (nSPS) is 10.8. The van der Waals surface area contributed by atoms with Crippen LogP contribution in [0.15, 0.2) is 16.9 Å². The highest BCUT2D eigenvalue weighted by Crippen LogP contribution is 2.22. The van der Waals surface area contributed by atoms with Crippen LogP contribution >= 0.6 is 23.1 Å². The molecule has 7 heteroatoms. The van der Waals surface area contributed by atoms with Gasteiger partial charge in [-0.15, -0.1) is 21.5 Å². The number of aromatic nitrogens is 4. The van der Waals surface area contributed by atoms with Crippen LogP contribution in [0.25, 0.3) is 0 Å². The van der Waals surface area contributed by atoms with Crippen molar-refractivity contribution >= 4 is 23.1 Å². The molecule has 0 atom stereocenters.